The molecule has 1 amide bonds. The van der Waals surface area contributed by atoms with Gasteiger partial charge < -0.3 is 10.1 Å². The first-order chi connectivity index (χ1) is 10.8. The van der Waals surface area contributed by atoms with Crippen molar-refractivity contribution in [2.45, 2.75) is 0 Å². The van der Waals surface area contributed by atoms with Crippen LogP contribution in [0.25, 0.3) is 5.69 Å². The molecule has 5 nitrogen and oxygen atoms in total. The zero-order valence-corrected chi connectivity index (χ0v) is 12.1. The molecular weight excluding hydrogens is 278 g/mol. The third-order valence-corrected chi connectivity index (χ3v) is 3.19. The van der Waals surface area contributed by atoms with Gasteiger partial charge in [-0.15, -0.1) is 0 Å². The summed E-state index contributed by atoms with van der Waals surface area (Å²) < 4.78 is 6.80. The highest BCUT2D eigenvalue weighted by Gasteiger charge is 2.10. The minimum Gasteiger partial charge on any atom is -0.497 e. The quantitative estimate of drug-likeness (QED) is 0.804. The van der Waals surface area contributed by atoms with E-state index in [-0.39, 0.29) is 5.91 Å². The number of carbonyl (C=O) groups excluding carboxylic acids is 1. The van der Waals surface area contributed by atoms with Crippen molar-refractivity contribution < 1.29 is 9.53 Å². The van der Waals surface area contributed by atoms with Crippen LogP contribution in [0.15, 0.2) is 67.0 Å². The SMILES string of the molecule is COc1cccc(NC(=O)c2cnn(-c3ccccc3)c2)c1. The zero-order chi connectivity index (χ0) is 15.4. The van der Waals surface area contributed by atoms with Crippen molar-refractivity contribution in [1.29, 1.82) is 0 Å². The van der Waals surface area contributed by atoms with E-state index in [9.17, 15) is 4.79 Å². The fourth-order valence-electron chi connectivity index (χ4n) is 2.07. The molecule has 0 radical (unpaired) electrons. The molecule has 0 bridgehead atoms. The molecule has 0 atom stereocenters. The van der Waals surface area contributed by atoms with Crippen molar-refractivity contribution in [2.75, 3.05) is 12.4 Å². The van der Waals surface area contributed by atoms with Gasteiger partial charge >= 0.3 is 0 Å². The summed E-state index contributed by atoms with van der Waals surface area (Å²) in [5, 5.41) is 7.04. The molecule has 110 valence electrons. The Labute approximate surface area is 128 Å². The number of para-hydroxylation sites is 1. The Hall–Kier alpha value is -3.08. The van der Waals surface area contributed by atoms with Crippen molar-refractivity contribution in [2.24, 2.45) is 0 Å². The van der Waals surface area contributed by atoms with E-state index >= 15 is 0 Å². The molecule has 3 rings (SSSR count). The number of amides is 1. The number of nitrogens with zero attached hydrogens (tertiary/aromatic N) is 2. The summed E-state index contributed by atoms with van der Waals surface area (Å²) in [6, 6.07) is 16.9. The number of hydrogen-bond acceptors (Lipinski definition) is 3. The lowest BCUT2D eigenvalue weighted by atomic mass is 10.2. The van der Waals surface area contributed by atoms with Crippen LogP contribution in [0.3, 0.4) is 0 Å². The second kappa shape index (κ2) is 6.13. The summed E-state index contributed by atoms with van der Waals surface area (Å²) in [5.41, 5.74) is 2.08. The van der Waals surface area contributed by atoms with Gasteiger partial charge in [-0.25, -0.2) is 4.68 Å². The third-order valence-electron chi connectivity index (χ3n) is 3.19. The number of benzene rings is 2. The molecule has 22 heavy (non-hydrogen) atoms. The number of rotatable bonds is 4. The number of aromatic nitrogens is 2. The fourth-order valence-corrected chi connectivity index (χ4v) is 2.07. The highest BCUT2D eigenvalue weighted by atomic mass is 16.5. The van der Waals surface area contributed by atoms with Crippen LogP contribution < -0.4 is 10.1 Å². The number of hydrogen-bond donors (Lipinski definition) is 1. The molecule has 0 unspecified atom stereocenters. The van der Waals surface area contributed by atoms with Crippen molar-refractivity contribution >= 4 is 11.6 Å². The Morgan fingerprint density at radius 3 is 2.73 bits per heavy atom. The number of anilines is 1. The fraction of sp³-hybridized carbons (Fsp3) is 0.0588. The minimum absolute atomic E-state index is 0.213. The summed E-state index contributed by atoms with van der Waals surface area (Å²) in [7, 11) is 1.59. The zero-order valence-electron chi connectivity index (χ0n) is 12.1. The molecule has 0 spiro atoms. The van der Waals surface area contributed by atoms with Crippen LogP contribution in [0.5, 0.6) is 5.75 Å². The van der Waals surface area contributed by atoms with Crippen LogP contribution >= 0.6 is 0 Å². The van der Waals surface area contributed by atoms with E-state index in [0.29, 0.717) is 17.0 Å². The summed E-state index contributed by atoms with van der Waals surface area (Å²) >= 11 is 0. The molecule has 0 fully saturated rings. The van der Waals surface area contributed by atoms with Crippen LogP contribution in [0.4, 0.5) is 5.69 Å². The van der Waals surface area contributed by atoms with Crippen molar-refractivity contribution in [1.82, 2.24) is 9.78 Å². The highest BCUT2D eigenvalue weighted by molar-refractivity contribution is 6.04. The highest BCUT2D eigenvalue weighted by Crippen LogP contribution is 2.17. The predicted molar refractivity (Wildman–Crippen MR) is 84.5 cm³/mol. The predicted octanol–water partition coefficient (Wildman–Crippen LogP) is 3.13. The van der Waals surface area contributed by atoms with Gasteiger partial charge in [-0.3, -0.25) is 4.79 Å². The average molecular weight is 293 g/mol. The standard InChI is InChI=1S/C17H15N3O2/c1-22-16-9-5-6-14(10-16)19-17(21)13-11-18-20(12-13)15-7-3-2-4-8-15/h2-12H,1H3,(H,19,21). The second-order valence-electron chi connectivity index (χ2n) is 4.70. The Morgan fingerprint density at radius 2 is 1.95 bits per heavy atom. The summed E-state index contributed by atoms with van der Waals surface area (Å²) in [6.07, 6.45) is 3.24. The van der Waals surface area contributed by atoms with Crippen LogP contribution in [0.1, 0.15) is 10.4 Å². The van der Waals surface area contributed by atoms with Gasteiger partial charge in [0.15, 0.2) is 0 Å². The minimum atomic E-state index is -0.213. The third kappa shape index (κ3) is 2.98. The van der Waals surface area contributed by atoms with Gasteiger partial charge in [-0.1, -0.05) is 24.3 Å². The molecule has 3 aromatic rings. The van der Waals surface area contributed by atoms with E-state index in [1.54, 1.807) is 30.3 Å². The van der Waals surface area contributed by atoms with Gasteiger partial charge in [0.2, 0.25) is 0 Å². The lowest BCUT2D eigenvalue weighted by molar-refractivity contribution is 0.102. The monoisotopic (exact) mass is 293 g/mol. The maximum absolute atomic E-state index is 12.3. The van der Waals surface area contributed by atoms with Gasteiger partial charge in [-0.2, -0.15) is 5.10 Å². The normalized spacial score (nSPS) is 10.2. The van der Waals surface area contributed by atoms with Crippen LogP contribution in [-0.2, 0) is 0 Å². The van der Waals surface area contributed by atoms with E-state index in [0.717, 1.165) is 5.69 Å². The molecule has 1 aromatic heterocycles. The van der Waals surface area contributed by atoms with Crippen molar-refractivity contribution in [3.8, 4) is 11.4 Å². The molecule has 0 saturated carbocycles. The van der Waals surface area contributed by atoms with Gasteiger partial charge in [0.25, 0.3) is 5.91 Å². The maximum atomic E-state index is 12.3. The Kier molecular flexibility index (Phi) is 3.87. The van der Waals surface area contributed by atoms with Crippen LogP contribution in [-0.4, -0.2) is 22.8 Å². The van der Waals surface area contributed by atoms with Gasteiger partial charge in [0.1, 0.15) is 5.75 Å². The smallest absolute Gasteiger partial charge is 0.258 e. The molecule has 1 heterocycles. The molecule has 5 heteroatoms. The van der Waals surface area contributed by atoms with Crippen LogP contribution in [0, 0.1) is 0 Å². The lowest BCUT2D eigenvalue weighted by Gasteiger charge is -2.05. The summed E-state index contributed by atoms with van der Waals surface area (Å²) in [6.45, 7) is 0. The molecule has 0 aliphatic rings. The van der Waals surface area contributed by atoms with E-state index in [2.05, 4.69) is 10.4 Å². The molecule has 0 saturated heterocycles. The van der Waals surface area contributed by atoms with Gasteiger partial charge in [0, 0.05) is 18.0 Å². The van der Waals surface area contributed by atoms with E-state index < -0.39 is 0 Å². The van der Waals surface area contributed by atoms with Gasteiger partial charge in [0.05, 0.1) is 24.6 Å². The number of methoxy groups -OCH3 is 1. The topological polar surface area (TPSA) is 56.1 Å². The largest absolute Gasteiger partial charge is 0.497 e. The van der Waals surface area contributed by atoms with Gasteiger partial charge in [-0.05, 0) is 24.3 Å². The first-order valence-corrected chi connectivity index (χ1v) is 6.82. The lowest BCUT2D eigenvalue weighted by Crippen LogP contribution is -2.11. The number of ether oxygens (including phenoxy) is 1. The first-order valence-electron chi connectivity index (χ1n) is 6.82. The van der Waals surface area contributed by atoms with E-state index in [4.69, 9.17) is 4.74 Å². The number of nitrogens with one attached hydrogen (secondary N) is 1. The maximum Gasteiger partial charge on any atom is 0.258 e. The second-order valence-corrected chi connectivity index (χ2v) is 4.70. The average Bonchev–Trinajstić information content (AvgIpc) is 3.06. The molecule has 2 aromatic carbocycles. The van der Waals surface area contributed by atoms with Crippen molar-refractivity contribution in [3.05, 3.63) is 72.6 Å². The summed E-state index contributed by atoms with van der Waals surface area (Å²) in [4.78, 5) is 12.3. The molecular formula is C17H15N3O2. The van der Waals surface area contributed by atoms with E-state index in [1.165, 1.54) is 0 Å². The van der Waals surface area contributed by atoms with Crippen LogP contribution in [0.2, 0.25) is 0 Å². The Bertz CT molecular complexity index is 781. The van der Waals surface area contributed by atoms with E-state index in [1.807, 2.05) is 48.5 Å². The molecule has 0 aliphatic carbocycles. The molecule has 1 N–H and O–H groups in total. The Balaban J connectivity index is 1.77. The Morgan fingerprint density at radius 1 is 1.14 bits per heavy atom. The number of carbonyl (C=O) groups is 1. The molecule has 0 aliphatic heterocycles. The van der Waals surface area contributed by atoms with Crippen molar-refractivity contribution in [3.63, 3.8) is 0 Å². The first kappa shape index (κ1) is 13.9. The summed E-state index contributed by atoms with van der Waals surface area (Å²) in [5.74, 6) is 0.480.